The Morgan fingerprint density at radius 1 is 1.24 bits per heavy atom. The van der Waals surface area contributed by atoms with Crippen LogP contribution < -0.4 is 4.90 Å². The van der Waals surface area contributed by atoms with Crippen LogP contribution in [0.1, 0.15) is 19.4 Å². The van der Waals surface area contributed by atoms with Crippen molar-refractivity contribution in [3.8, 4) is 0 Å². The minimum Gasteiger partial charge on any atom is -0.305 e. The van der Waals surface area contributed by atoms with Gasteiger partial charge in [-0.3, -0.25) is 4.79 Å². The number of anilines is 1. The quantitative estimate of drug-likeness (QED) is 0.855. The SMILES string of the molecule is CC(C)C(=O)N(Cc1ccc(Cl)cc1Cl)c1cncnc1. The van der Waals surface area contributed by atoms with E-state index in [2.05, 4.69) is 9.97 Å². The minimum atomic E-state index is -0.142. The molecule has 0 unspecified atom stereocenters. The molecule has 110 valence electrons. The van der Waals surface area contributed by atoms with Crippen molar-refractivity contribution in [1.82, 2.24) is 9.97 Å². The summed E-state index contributed by atoms with van der Waals surface area (Å²) in [6.07, 6.45) is 4.64. The Bertz CT molecular complexity index is 632. The summed E-state index contributed by atoms with van der Waals surface area (Å²) in [5, 5.41) is 1.09. The van der Waals surface area contributed by atoms with Crippen LogP contribution in [0.5, 0.6) is 0 Å². The Hall–Kier alpha value is -1.65. The molecule has 6 heteroatoms. The average Bonchev–Trinajstić information content (AvgIpc) is 2.46. The van der Waals surface area contributed by atoms with Crippen molar-refractivity contribution in [1.29, 1.82) is 0 Å². The molecule has 0 bridgehead atoms. The van der Waals surface area contributed by atoms with E-state index in [4.69, 9.17) is 23.2 Å². The zero-order valence-electron chi connectivity index (χ0n) is 11.8. The van der Waals surface area contributed by atoms with Crippen LogP contribution in [-0.2, 0) is 11.3 Å². The third-order valence-electron chi connectivity index (χ3n) is 2.96. The zero-order valence-corrected chi connectivity index (χ0v) is 13.3. The highest BCUT2D eigenvalue weighted by molar-refractivity contribution is 6.35. The zero-order chi connectivity index (χ0) is 15.4. The van der Waals surface area contributed by atoms with E-state index in [9.17, 15) is 4.79 Å². The molecule has 0 atom stereocenters. The van der Waals surface area contributed by atoms with Gasteiger partial charge in [0.25, 0.3) is 0 Å². The normalized spacial score (nSPS) is 10.7. The Morgan fingerprint density at radius 3 is 2.48 bits per heavy atom. The molecule has 2 rings (SSSR count). The molecule has 0 spiro atoms. The van der Waals surface area contributed by atoms with Crippen molar-refractivity contribution in [2.75, 3.05) is 4.90 Å². The molecule has 4 nitrogen and oxygen atoms in total. The molecule has 21 heavy (non-hydrogen) atoms. The Balaban J connectivity index is 2.34. The fraction of sp³-hybridized carbons (Fsp3) is 0.267. The summed E-state index contributed by atoms with van der Waals surface area (Å²) in [5.41, 5.74) is 1.46. The van der Waals surface area contributed by atoms with Crippen molar-refractivity contribution in [2.24, 2.45) is 5.92 Å². The molecule has 0 saturated carbocycles. The van der Waals surface area contributed by atoms with Crippen LogP contribution in [0.15, 0.2) is 36.9 Å². The summed E-state index contributed by atoms with van der Waals surface area (Å²) < 4.78 is 0. The van der Waals surface area contributed by atoms with E-state index in [1.807, 2.05) is 19.9 Å². The molecular weight excluding hydrogens is 309 g/mol. The van der Waals surface area contributed by atoms with E-state index in [0.717, 1.165) is 5.56 Å². The van der Waals surface area contributed by atoms with Gasteiger partial charge in [0, 0.05) is 16.0 Å². The third-order valence-corrected chi connectivity index (χ3v) is 3.55. The predicted molar refractivity (Wildman–Crippen MR) is 84.5 cm³/mol. The summed E-state index contributed by atoms with van der Waals surface area (Å²) in [5.74, 6) is -0.160. The predicted octanol–water partition coefficient (Wildman–Crippen LogP) is 3.97. The number of amides is 1. The summed E-state index contributed by atoms with van der Waals surface area (Å²) in [7, 11) is 0. The van der Waals surface area contributed by atoms with Gasteiger partial charge in [0.15, 0.2) is 0 Å². The van der Waals surface area contributed by atoms with Gasteiger partial charge in [-0.2, -0.15) is 0 Å². The van der Waals surface area contributed by atoms with E-state index in [0.29, 0.717) is 22.3 Å². The molecule has 1 aromatic heterocycles. The highest BCUT2D eigenvalue weighted by atomic mass is 35.5. The van der Waals surface area contributed by atoms with Gasteiger partial charge >= 0.3 is 0 Å². The lowest BCUT2D eigenvalue weighted by molar-refractivity contribution is -0.121. The second kappa shape index (κ2) is 6.87. The molecule has 2 aromatic rings. The van der Waals surface area contributed by atoms with Gasteiger partial charge in [-0.1, -0.05) is 43.1 Å². The number of benzene rings is 1. The van der Waals surface area contributed by atoms with Gasteiger partial charge in [0.05, 0.1) is 24.6 Å². The van der Waals surface area contributed by atoms with Gasteiger partial charge in [-0.25, -0.2) is 9.97 Å². The van der Waals surface area contributed by atoms with Gasteiger partial charge < -0.3 is 4.90 Å². The summed E-state index contributed by atoms with van der Waals surface area (Å²) >= 11 is 12.1. The first-order chi connectivity index (χ1) is 9.99. The van der Waals surface area contributed by atoms with E-state index < -0.39 is 0 Å². The Kier molecular flexibility index (Phi) is 5.15. The van der Waals surface area contributed by atoms with Crippen molar-refractivity contribution < 1.29 is 4.79 Å². The van der Waals surface area contributed by atoms with Crippen LogP contribution in [-0.4, -0.2) is 15.9 Å². The Labute approximate surface area is 133 Å². The molecule has 1 aromatic carbocycles. The molecule has 0 aliphatic heterocycles. The molecule has 0 aliphatic carbocycles. The smallest absolute Gasteiger partial charge is 0.229 e. The van der Waals surface area contributed by atoms with Crippen LogP contribution in [0.2, 0.25) is 10.0 Å². The monoisotopic (exact) mass is 323 g/mol. The van der Waals surface area contributed by atoms with Crippen LogP contribution >= 0.6 is 23.2 Å². The van der Waals surface area contributed by atoms with E-state index in [1.165, 1.54) is 6.33 Å². The molecule has 0 aliphatic rings. The van der Waals surface area contributed by atoms with Crippen LogP contribution in [0.25, 0.3) is 0 Å². The largest absolute Gasteiger partial charge is 0.305 e. The number of rotatable bonds is 4. The summed E-state index contributed by atoms with van der Waals surface area (Å²) in [6, 6.07) is 5.23. The summed E-state index contributed by atoms with van der Waals surface area (Å²) in [4.78, 5) is 22.0. The van der Waals surface area contributed by atoms with Crippen molar-refractivity contribution >= 4 is 34.8 Å². The van der Waals surface area contributed by atoms with Gasteiger partial charge in [0.2, 0.25) is 5.91 Å². The molecule has 1 heterocycles. The number of carbonyl (C=O) groups is 1. The van der Waals surface area contributed by atoms with E-state index in [-0.39, 0.29) is 11.8 Å². The third kappa shape index (κ3) is 3.93. The van der Waals surface area contributed by atoms with Gasteiger partial charge in [-0.15, -0.1) is 0 Å². The first kappa shape index (κ1) is 15.7. The number of hydrogen-bond acceptors (Lipinski definition) is 3. The molecule has 0 radical (unpaired) electrons. The van der Waals surface area contributed by atoms with Gasteiger partial charge in [-0.05, 0) is 17.7 Å². The highest BCUT2D eigenvalue weighted by Gasteiger charge is 2.20. The minimum absolute atomic E-state index is 0.0178. The van der Waals surface area contributed by atoms with Crippen LogP contribution in [0.3, 0.4) is 0 Å². The molecule has 0 fully saturated rings. The van der Waals surface area contributed by atoms with Crippen LogP contribution in [0, 0.1) is 5.92 Å². The maximum absolute atomic E-state index is 12.4. The highest BCUT2D eigenvalue weighted by Crippen LogP contribution is 2.25. The lowest BCUT2D eigenvalue weighted by Crippen LogP contribution is -2.34. The second-order valence-electron chi connectivity index (χ2n) is 4.91. The maximum Gasteiger partial charge on any atom is 0.229 e. The summed E-state index contributed by atoms with van der Waals surface area (Å²) in [6.45, 7) is 4.05. The van der Waals surface area contributed by atoms with E-state index in [1.54, 1.807) is 29.4 Å². The van der Waals surface area contributed by atoms with Gasteiger partial charge in [0.1, 0.15) is 6.33 Å². The van der Waals surface area contributed by atoms with E-state index >= 15 is 0 Å². The number of carbonyl (C=O) groups excluding carboxylic acids is 1. The first-order valence-electron chi connectivity index (χ1n) is 6.49. The lowest BCUT2D eigenvalue weighted by Gasteiger charge is -2.24. The molecule has 0 N–H and O–H groups in total. The number of hydrogen-bond donors (Lipinski definition) is 0. The Morgan fingerprint density at radius 2 is 1.90 bits per heavy atom. The molecular formula is C15H15Cl2N3O. The maximum atomic E-state index is 12.4. The molecule has 0 saturated heterocycles. The number of nitrogens with zero attached hydrogens (tertiary/aromatic N) is 3. The number of aromatic nitrogens is 2. The second-order valence-corrected chi connectivity index (χ2v) is 5.76. The fourth-order valence-electron chi connectivity index (χ4n) is 1.86. The fourth-order valence-corrected chi connectivity index (χ4v) is 2.33. The van der Waals surface area contributed by atoms with Crippen LogP contribution in [0.4, 0.5) is 5.69 Å². The van der Waals surface area contributed by atoms with Crippen molar-refractivity contribution in [3.05, 3.63) is 52.5 Å². The molecule has 1 amide bonds. The first-order valence-corrected chi connectivity index (χ1v) is 7.25. The van der Waals surface area contributed by atoms with Crippen molar-refractivity contribution in [3.63, 3.8) is 0 Å². The average molecular weight is 324 g/mol. The number of halogens is 2. The lowest BCUT2D eigenvalue weighted by atomic mass is 10.1. The standard InChI is InChI=1S/C15H15Cl2N3O/c1-10(2)15(21)20(13-6-18-9-19-7-13)8-11-3-4-12(16)5-14(11)17/h3-7,9-10H,8H2,1-2H3. The topological polar surface area (TPSA) is 46.1 Å². The van der Waals surface area contributed by atoms with Crippen molar-refractivity contribution in [2.45, 2.75) is 20.4 Å².